The zero-order valence-electron chi connectivity index (χ0n) is 10.6. The number of carbonyl (C=O) groups excluding carboxylic acids is 1. The topological polar surface area (TPSA) is 81.4 Å². The average molecular weight is 288 g/mol. The zero-order valence-corrected chi connectivity index (χ0v) is 11.5. The molecule has 5 nitrogen and oxygen atoms in total. The van der Waals surface area contributed by atoms with Gasteiger partial charge in [0.1, 0.15) is 11.6 Å². The minimum Gasteiger partial charge on any atom is -0.399 e. The lowest BCUT2D eigenvalue weighted by Gasteiger charge is -2.07. The molecule has 3 N–H and O–H groups in total. The molecular weight excluding hydrogens is 271 g/mol. The number of hydrogen-bond acceptors (Lipinski definition) is 4. The van der Waals surface area contributed by atoms with Crippen molar-refractivity contribution in [1.29, 1.82) is 0 Å². The minimum atomic E-state index is -1.28. The normalized spacial score (nSPS) is 12.1. The van der Waals surface area contributed by atoms with Gasteiger partial charge in [0.15, 0.2) is 0 Å². The van der Waals surface area contributed by atoms with E-state index in [1.165, 1.54) is 18.2 Å². The molecule has 0 saturated carbocycles. The Morgan fingerprint density at radius 2 is 2.26 bits per heavy atom. The van der Waals surface area contributed by atoms with Crippen molar-refractivity contribution in [3.8, 4) is 0 Å². The molecule has 106 valence electrons. The Balaban J connectivity index is 2.46. The standard InChI is InChI=1S/C12H17FN2O3S/c1-18-5-2-6-19(17)8-12(16)15-11-7-9(14)3-4-10(11)13/h3-4,7H,2,5-6,8,14H2,1H3,(H,15,16). The van der Waals surface area contributed by atoms with Gasteiger partial charge in [-0.3, -0.25) is 9.00 Å². The summed E-state index contributed by atoms with van der Waals surface area (Å²) in [6.45, 7) is 0.497. The molecule has 0 heterocycles. The number of rotatable bonds is 7. The lowest BCUT2D eigenvalue weighted by Crippen LogP contribution is -2.21. The molecule has 0 aliphatic rings. The van der Waals surface area contributed by atoms with Crippen LogP contribution in [0.3, 0.4) is 0 Å². The molecule has 1 amide bonds. The quantitative estimate of drug-likeness (QED) is 0.582. The van der Waals surface area contributed by atoms with Crippen molar-refractivity contribution in [2.24, 2.45) is 0 Å². The number of hydrogen-bond donors (Lipinski definition) is 2. The maximum Gasteiger partial charge on any atom is 0.237 e. The molecule has 1 atom stereocenters. The Labute approximate surface area is 113 Å². The second kappa shape index (κ2) is 7.85. The van der Waals surface area contributed by atoms with Crippen molar-refractivity contribution < 1.29 is 18.1 Å². The summed E-state index contributed by atoms with van der Waals surface area (Å²) in [5.41, 5.74) is 5.84. The summed E-state index contributed by atoms with van der Waals surface area (Å²) in [6.07, 6.45) is 0.614. The first-order chi connectivity index (χ1) is 9.02. The summed E-state index contributed by atoms with van der Waals surface area (Å²) in [5.74, 6) is -0.869. The van der Waals surface area contributed by atoms with E-state index >= 15 is 0 Å². The van der Waals surface area contributed by atoms with Gasteiger partial charge in [0.2, 0.25) is 5.91 Å². The molecule has 0 saturated heterocycles. The fourth-order valence-corrected chi connectivity index (χ4v) is 2.36. The molecule has 1 aromatic carbocycles. The Bertz CT molecular complexity index is 468. The second-order valence-electron chi connectivity index (χ2n) is 3.92. The van der Waals surface area contributed by atoms with Gasteiger partial charge in [0, 0.05) is 36.0 Å². The van der Waals surface area contributed by atoms with Crippen molar-refractivity contribution in [3.63, 3.8) is 0 Å². The summed E-state index contributed by atoms with van der Waals surface area (Å²) in [4.78, 5) is 11.6. The molecule has 0 aliphatic carbocycles. The number of nitrogens with two attached hydrogens (primary N) is 1. The van der Waals surface area contributed by atoms with E-state index in [2.05, 4.69) is 5.32 Å². The fraction of sp³-hybridized carbons (Fsp3) is 0.417. The van der Waals surface area contributed by atoms with Crippen LogP contribution < -0.4 is 11.1 Å². The van der Waals surface area contributed by atoms with Crippen LogP contribution in [0.2, 0.25) is 0 Å². The van der Waals surface area contributed by atoms with Crippen LogP contribution in [0.5, 0.6) is 0 Å². The maximum absolute atomic E-state index is 13.4. The van der Waals surface area contributed by atoms with Crippen molar-refractivity contribution in [2.45, 2.75) is 6.42 Å². The van der Waals surface area contributed by atoms with E-state index in [9.17, 15) is 13.4 Å². The lowest BCUT2D eigenvalue weighted by atomic mass is 10.2. The number of nitrogen functional groups attached to an aromatic ring is 1. The van der Waals surface area contributed by atoms with E-state index in [-0.39, 0.29) is 11.4 Å². The van der Waals surface area contributed by atoms with E-state index < -0.39 is 22.5 Å². The zero-order chi connectivity index (χ0) is 14.3. The predicted molar refractivity (Wildman–Crippen MR) is 73.8 cm³/mol. The predicted octanol–water partition coefficient (Wildman–Crippen LogP) is 1.13. The number of carbonyl (C=O) groups is 1. The van der Waals surface area contributed by atoms with Gasteiger partial charge >= 0.3 is 0 Å². The van der Waals surface area contributed by atoms with Crippen LogP contribution in [0.4, 0.5) is 15.8 Å². The SMILES string of the molecule is COCCCS(=O)CC(=O)Nc1cc(N)ccc1F. The number of amides is 1. The third kappa shape index (κ3) is 5.80. The summed E-state index contributed by atoms with van der Waals surface area (Å²) in [5, 5.41) is 2.35. The van der Waals surface area contributed by atoms with Gasteiger partial charge in [-0.25, -0.2) is 4.39 Å². The van der Waals surface area contributed by atoms with Gasteiger partial charge < -0.3 is 15.8 Å². The molecule has 7 heteroatoms. The molecule has 0 spiro atoms. The highest BCUT2D eigenvalue weighted by Crippen LogP contribution is 2.17. The Hall–Kier alpha value is -1.47. The largest absolute Gasteiger partial charge is 0.399 e. The Morgan fingerprint density at radius 3 is 2.95 bits per heavy atom. The van der Waals surface area contributed by atoms with Crippen LogP contribution in [-0.4, -0.2) is 35.3 Å². The Morgan fingerprint density at radius 1 is 1.53 bits per heavy atom. The third-order valence-corrected chi connectivity index (χ3v) is 3.61. The number of methoxy groups -OCH3 is 1. The summed E-state index contributed by atoms with van der Waals surface area (Å²) in [7, 11) is 0.271. The fourth-order valence-electron chi connectivity index (χ4n) is 1.41. The lowest BCUT2D eigenvalue weighted by molar-refractivity contribution is -0.113. The molecule has 1 rings (SSSR count). The van der Waals surface area contributed by atoms with Crippen LogP contribution in [0, 0.1) is 5.82 Å². The highest BCUT2D eigenvalue weighted by Gasteiger charge is 2.11. The van der Waals surface area contributed by atoms with Crippen LogP contribution >= 0.6 is 0 Å². The summed E-state index contributed by atoms with van der Waals surface area (Å²) >= 11 is 0. The van der Waals surface area contributed by atoms with Crippen molar-refractivity contribution in [3.05, 3.63) is 24.0 Å². The maximum atomic E-state index is 13.4. The van der Waals surface area contributed by atoms with Crippen molar-refractivity contribution in [2.75, 3.05) is 36.3 Å². The molecule has 0 aliphatic heterocycles. The van der Waals surface area contributed by atoms with Gasteiger partial charge in [-0.15, -0.1) is 0 Å². The number of ether oxygens (including phenoxy) is 1. The number of anilines is 2. The third-order valence-electron chi connectivity index (χ3n) is 2.28. The van der Waals surface area contributed by atoms with E-state index in [0.29, 0.717) is 24.5 Å². The van der Waals surface area contributed by atoms with Crippen LogP contribution in [0.25, 0.3) is 0 Å². The van der Waals surface area contributed by atoms with Crippen LogP contribution in [0.15, 0.2) is 18.2 Å². The number of halogens is 1. The highest BCUT2D eigenvalue weighted by atomic mass is 32.2. The molecule has 0 aromatic heterocycles. The molecular formula is C12H17FN2O3S. The first-order valence-electron chi connectivity index (χ1n) is 5.71. The van der Waals surface area contributed by atoms with Gasteiger partial charge in [-0.05, 0) is 24.6 Å². The van der Waals surface area contributed by atoms with E-state index in [1.807, 2.05) is 0 Å². The molecule has 0 fully saturated rings. The van der Waals surface area contributed by atoms with Crippen molar-refractivity contribution >= 4 is 28.1 Å². The van der Waals surface area contributed by atoms with Crippen LogP contribution in [0.1, 0.15) is 6.42 Å². The average Bonchev–Trinajstić information content (AvgIpc) is 2.34. The van der Waals surface area contributed by atoms with Gasteiger partial charge in [0.05, 0.1) is 5.69 Å². The smallest absolute Gasteiger partial charge is 0.237 e. The summed E-state index contributed by atoms with van der Waals surface area (Å²) in [6, 6.07) is 3.88. The summed E-state index contributed by atoms with van der Waals surface area (Å²) < 4.78 is 29.7. The monoisotopic (exact) mass is 288 g/mol. The number of benzene rings is 1. The molecule has 0 radical (unpaired) electrons. The molecule has 0 bridgehead atoms. The highest BCUT2D eigenvalue weighted by molar-refractivity contribution is 7.85. The van der Waals surface area contributed by atoms with Gasteiger partial charge in [-0.2, -0.15) is 0 Å². The molecule has 1 aromatic rings. The second-order valence-corrected chi connectivity index (χ2v) is 5.50. The van der Waals surface area contributed by atoms with E-state index in [0.717, 1.165) is 0 Å². The van der Waals surface area contributed by atoms with E-state index in [4.69, 9.17) is 10.5 Å². The molecule has 1 unspecified atom stereocenters. The number of nitrogens with one attached hydrogen (secondary N) is 1. The minimum absolute atomic E-state index is 0.00103. The first kappa shape index (κ1) is 15.6. The first-order valence-corrected chi connectivity index (χ1v) is 7.20. The van der Waals surface area contributed by atoms with Crippen LogP contribution in [-0.2, 0) is 20.3 Å². The molecule has 19 heavy (non-hydrogen) atoms. The van der Waals surface area contributed by atoms with Gasteiger partial charge in [-0.1, -0.05) is 0 Å². The van der Waals surface area contributed by atoms with Crippen molar-refractivity contribution in [1.82, 2.24) is 0 Å². The Kier molecular flexibility index (Phi) is 6.44. The van der Waals surface area contributed by atoms with E-state index in [1.54, 1.807) is 7.11 Å². The van der Waals surface area contributed by atoms with Gasteiger partial charge in [0.25, 0.3) is 0 Å².